The van der Waals surface area contributed by atoms with Gasteiger partial charge in [-0.1, -0.05) is 47.8 Å². The fourth-order valence-corrected chi connectivity index (χ4v) is 6.43. The SMILES string of the molecule is O=C(O)C1=Cc2cc3cc4ccccc4cc3cc2C2(C1)SC(=O)C(=O)S2. The number of hydrogen-bond donors (Lipinski definition) is 1. The molecule has 27 heavy (non-hydrogen) atoms. The van der Waals surface area contributed by atoms with E-state index in [4.69, 9.17) is 0 Å². The molecule has 3 aromatic carbocycles. The lowest BCUT2D eigenvalue weighted by molar-refractivity contribution is -0.132. The first-order valence-corrected chi connectivity index (χ1v) is 9.96. The van der Waals surface area contributed by atoms with Crippen LogP contribution in [0.4, 0.5) is 0 Å². The molecule has 6 heteroatoms. The van der Waals surface area contributed by atoms with Crippen LogP contribution in [0.2, 0.25) is 0 Å². The van der Waals surface area contributed by atoms with Crippen molar-refractivity contribution >= 4 is 67.3 Å². The molecule has 1 saturated heterocycles. The van der Waals surface area contributed by atoms with Crippen LogP contribution in [0.25, 0.3) is 27.6 Å². The van der Waals surface area contributed by atoms with Crippen LogP contribution >= 0.6 is 23.5 Å². The normalized spacial score (nSPS) is 18.1. The van der Waals surface area contributed by atoms with E-state index >= 15 is 0 Å². The second-order valence-electron chi connectivity index (χ2n) is 6.67. The molecule has 0 saturated carbocycles. The average Bonchev–Trinajstić information content (AvgIpc) is 2.92. The molecule has 0 unspecified atom stereocenters. The van der Waals surface area contributed by atoms with Crippen LogP contribution in [0.1, 0.15) is 17.5 Å². The Morgan fingerprint density at radius 1 is 0.889 bits per heavy atom. The number of carboxylic acid groups (broad SMARTS) is 1. The summed E-state index contributed by atoms with van der Waals surface area (Å²) in [5.74, 6) is -1.02. The summed E-state index contributed by atoms with van der Waals surface area (Å²) in [6, 6.07) is 16.2. The minimum Gasteiger partial charge on any atom is -0.478 e. The molecular formula is C21H12O4S2. The third kappa shape index (κ3) is 2.51. The van der Waals surface area contributed by atoms with Gasteiger partial charge in [-0.25, -0.2) is 4.79 Å². The molecule has 132 valence electrons. The summed E-state index contributed by atoms with van der Waals surface area (Å²) in [5, 5.41) is 12.7. The highest BCUT2D eigenvalue weighted by atomic mass is 32.2. The number of aliphatic carboxylic acids is 1. The van der Waals surface area contributed by atoms with Crippen LogP contribution in [0.15, 0.2) is 54.1 Å². The van der Waals surface area contributed by atoms with Gasteiger partial charge in [0.1, 0.15) is 4.08 Å². The van der Waals surface area contributed by atoms with Crippen LogP contribution in [0, 0.1) is 0 Å². The van der Waals surface area contributed by atoms with Gasteiger partial charge in [0.25, 0.3) is 10.2 Å². The maximum absolute atomic E-state index is 12.0. The summed E-state index contributed by atoms with van der Waals surface area (Å²) in [5.41, 5.74) is 1.80. The molecule has 1 spiro atoms. The summed E-state index contributed by atoms with van der Waals surface area (Å²) >= 11 is 1.89. The van der Waals surface area contributed by atoms with Crippen molar-refractivity contribution in [3.63, 3.8) is 0 Å². The van der Waals surface area contributed by atoms with Gasteiger partial charge in [-0.05, 0) is 63.0 Å². The summed E-state index contributed by atoms with van der Waals surface area (Å²) in [4.78, 5) is 35.6. The van der Waals surface area contributed by atoms with Crippen LogP contribution < -0.4 is 0 Å². The minimum atomic E-state index is -1.02. The molecule has 3 aromatic rings. The van der Waals surface area contributed by atoms with E-state index in [1.165, 1.54) is 0 Å². The van der Waals surface area contributed by atoms with Gasteiger partial charge in [0.2, 0.25) is 0 Å². The molecule has 2 aliphatic rings. The molecule has 1 N–H and O–H groups in total. The van der Waals surface area contributed by atoms with Crippen molar-refractivity contribution < 1.29 is 19.5 Å². The number of hydrogen-bond acceptors (Lipinski definition) is 5. The Kier molecular flexibility index (Phi) is 3.51. The fraction of sp³-hybridized carbons (Fsp3) is 0.0952. The highest BCUT2D eigenvalue weighted by molar-refractivity contribution is 8.39. The minimum absolute atomic E-state index is 0.140. The number of fused-ring (bicyclic) bond motifs is 4. The van der Waals surface area contributed by atoms with Gasteiger partial charge in [-0.2, -0.15) is 0 Å². The van der Waals surface area contributed by atoms with E-state index in [2.05, 4.69) is 12.1 Å². The molecule has 0 radical (unpaired) electrons. The lowest BCUT2D eigenvalue weighted by atomic mass is 9.88. The molecule has 1 heterocycles. The zero-order chi connectivity index (χ0) is 18.8. The number of carbonyl (C=O) groups is 3. The average molecular weight is 392 g/mol. The quantitative estimate of drug-likeness (QED) is 0.484. The molecule has 0 amide bonds. The van der Waals surface area contributed by atoms with Crippen molar-refractivity contribution in [2.75, 3.05) is 0 Å². The van der Waals surface area contributed by atoms with Gasteiger partial charge in [-0.3, -0.25) is 9.59 Å². The van der Waals surface area contributed by atoms with E-state index in [9.17, 15) is 19.5 Å². The Labute approximate surface area is 162 Å². The first-order chi connectivity index (χ1) is 12.9. The lowest BCUT2D eigenvalue weighted by Gasteiger charge is -2.31. The van der Waals surface area contributed by atoms with E-state index in [0.717, 1.165) is 56.2 Å². The topological polar surface area (TPSA) is 71.4 Å². The van der Waals surface area contributed by atoms with Crippen molar-refractivity contribution in [2.24, 2.45) is 0 Å². The molecule has 0 aromatic heterocycles. The van der Waals surface area contributed by atoms with Crippen molar-refractivity contribution in [1.82, 2.24) is 0 Å². The van der Waals surface area contributed by atoms with Crippen LogP contribution in [-0.2, 0) is 18.5 Å². The van der Waals surface area contributed by atoms with Crippen molar-refractivity contribution in [3.05, 3.63) is 65.2 Å². The number of benzene rings is 3. The van der Waals surface area contributed by atoms with Crippen LogP contribution in [0.3, 0.4) is 0 Å². The van der Waals surface area contributed by atoms with Crippen molar-refractivity contribution in [1.29, 1.82) is 0 Å². The highest BCUT2D eigenvalue weighted by Crippen LogP contribution is 2.60. The summed E-state index contributed by atoms with van der Waals surface area (Å²) in [6.45, 7) is 0. The fourth-order valence-electron chi connectivity index (χ4n) is 3.77. The van der Waals surface area contributed by atoms with E-state index in [1.54, 1.807) is 6.08 Å². The van der Waals surface area contributed by atoms with Gasteiger partial charge in [0.05, 0.1) is 0 Å². The standard InChI is InChI=1S/C21H12O4S2/c22-18(23)16-8-15-7-13-5-11-3-1-2-4-12(11)6-14(13)9-17(15)21(10-16)26-19(24)20(25)27-21/h1-9H,10H2,(H,22,23). The number of thioether (sulfide) groups is 2. The van der Waals surface area contributed by atoms with E-state index in [1.807, 2.05) is 36.4 Å². The van der Waals surface area contributed by atoms with Gasteiger partial charge >= 0.3 is 5.97 Å². The predicted octanol–water partition coefficient (Wildman–Crippen LogP) is 4.55. The molecule has 5 rings (SSSR count). The van der Waals surface area contributed by atoms with Gasteiger partial charge in [-0.15, -0.1) is 0 Å². The Bertz CT molecular complexity index is 1210. The predicted molar refractivity (Wildman–Crippen MR) is 109 cm³/mol. The zero-order valence-electron chi connectivity index (χ0n) is 13.9. The maximum atomic E-state index is 12.0. The summed E-state index contributed by atoms with van der Waals surface area (Å²) in [6.07, 6.45) is 1.80. The van der Waals surface area contributed by atoms with E-state index in [-0.39, 0.29) is 12.0 Å². The molecule has 1 aliphatic heterocycles. The number of rotatable bonds is 1. The largest absolute Gasteiger partial charge is 0.478 e. The molecule has 1 aliphatic carbocycles. The second-order valence-corrected chi connectivity index (χ2v) is 9.47. The zero-order valence-corrected chi connectivity index (χ0v) is 15.5. The smallest absolute Gasteiger partial charge is 0.331 e. The van der Waals surface area contributed by atoms with Gasteiger partial charge < -0.3 is 5.11 Å². The summed E-state index contributed by atoms with van der Waals surface area (Å²) in [7, 11) is 0. The number of carboxylic acids is 1. The first kappa shape index (κ1) is 16.6. The van der Waals surface area contributed by atoms with Crippen LogP contribution in [0.5, 0.6) is 0 Å². The Hall–Kier alpha value is -2.57. The lowest BCUT2D eigenvalue weighted by Crippen LogP contribution is -2.23. The van der Waals surface area contributed by atoms with Crippen molar-refractivity contribution in [3.8, 4) is 0 Å². The second kappa shape index (κ2) is 5.71. The molecule has 4 nitrogen and oxygen atoms in total. The highest BCUT2D eigenvalue weighted by Gasteiger charge is 2.51. The molecule has 0 bridgehead atoms. The molecule has 1 fully saturated rings. The number of carbonyl (C=O) groups excluding carboxylic acids is 2. The molecule has 0 atom stereocenters. The Morgan fingerprint density at radius 3 is 2.07 bits per heavy atom. The maximum Gasteiger partial charge on any atom is 0.331 e. The van der Waals surface area contributed by atoms with Crippen molar-refractivity contribution in [2.45, 2.75) is 10.5 Å². The molecular weight excluding hydrogens is 380 g/mol. The van der Waals surface area contributed by atoms with E-state index < -0.39 is 20.3 Å². The third-order valence-corrected chi connectivity index (χ3v) is 7.75. The summed E-state index contributed by atoms with van der Waals surface area (Å²) < 4.78 is -0.897. The Morgan fingerprint density at radius 2 is 1.48 bits per heavy atom. The third-order valence-electron chi connectivity index (χ3n) is 4.99. The monoisotopic (exact) mass is 392 g/mol. The first-order valence-electron chi connectivity index (χ1n) is 8.32. The Balaban J connectivity index is 1.81. The van der Waals surface area contributed by atoms with Gasteiger partial charge in [0, 0.05) is 12.0 Å². The van der Waals surface area contributed by atoms with Crippen LogP contribution in [-0.4, -0.2) is 21.3 Å². The van der Waals surface area contributed by atoms with E-state index in [0.29, 0.717) is 0 Å². The van der Waals surface area contributed by atoms with Gasteiger partial charge in [0.15, 0.2) is 0 Å².